The standard InChI is InChI=1S/C8H15N3S2/c9-11-10-6-3-1-2-4-8-5-7-12-13-8/h8H,1-7H2/t8-/m1/s1. The third kappa shape index (κ3) is 5.34. The van der Waals surface area contributed by atoms with E-state index < -0.39 is 0 Å². The molecule has 0 N–H and O–H groups in total. The van der Waals surface area contributed by atoms with Crippen LogP contribution in [0.4, 0.5) is 0 Å². The minimum atomic E-state index is 0.670. The molecule has 0 unspecified atom stereocenters. The second-order valence-electron chi connectivity index (χ2n) is 3.13. The molecule has 0 saturated carbocycles. The molecule has 0 radical (unpaired) electrons. The molecule has 74 valence electrons. The van der Waals surface area contributed by atoms with Crippen molar-refractivity contribution in [1.29, 1.82) is 0 Å². The van der Waals surface area contributed by atoms with Gasteiger partial charge in [0.15, 0.2) is 0 Å². The van der Waals surface area contributed by atoms with Gasteiger partial charge >= 0.3 is 0 Å². The fourth-order valence-corrected chi connectivity index (χ4v) is 4.37. The number of unbranched alkanes of at least 4 members (excludes halogenated alkanes) is 2. The molecule has 1 aliphatic rings. The maximum absolute atomic E-state index is 8.05. The Morgan fingerprint density at radius 3 is 3.00 bits per heavy atom. The number of rotatable bonds is 6. The molecule has 13 heavy (non-hydrogen) atoms. The molecule has 0 aliphatic carbocycles. The normalized spacial score (nSPS) is 21.4. The highest BCUT2D eigenvalue weighted by Crippen LogP contribution is 2.39. The third-order valence-electron chi connectivity index (χ3n) is 2.07. The van der Waals surface area contributed by atoms with Gasteiger partial charge in [0.2, 0.25) is 0 Å². The van der Waals surface area contributed by atoms with Gasteiger partial charge in [-0.05, 0) is 24.8 Å². The second kappa shape index (κ2) is 7.42. The Kier molecular flexibility index (Phi) is 6.33. The van der Waals surface area contributed by atoms with Crippen molar-refractivity contribution in [1.82, 2.24) is 0 Å². The van der Waals surface area contributed by atoms with Crippen molar-refractivity contribution in [2.75, 3.05) is 12.3 Å². The predicted molar refractivity (Wildman–Crippen MR) is 60.9 cm³/mol. The Hall–Kier alpha value is 0.0100. The fraction of sp³-hybridized carbons (Fsp3) is 1.00. The van der Waals surface area contributed by atoms with Crippen LogP contribution in [0.5, 0.6) is 0 Å². The van der Waals surface area contributed by atoms with E-state index in [1.165, 1.54) is 31.4 Å². The van der Waals surface area contributed by atoms with E-state index in [0.717, 1.165) is 11.7 Å². The van der Waals surface area contributed by atoms with Crippen LogP contribution in [0.15, 0.2) is 5.11 Å². The van der Waals surface area contributed by atoms with Crippen LogP contribution in [0, 0.1) is 0 Å². The van der Waals surface area contributed by atoms with E-state index in [4.69, 9.17) is 5.53 Å². The summed E-state index contributed by atoms with van der Waals surface area (Å²) in [6.45, 7) is 0.670. The van der Waals surface area contributed by atoms with Crippen molar-refractivity contribution in [2.45, 2.75) is 37.4 Å². The van der Waals surface area contributed by atoms with Crippen LogP contribution in [0.25, 0.3) is 10.4 Å². The maximum Gasteiger partial charge on any atom is 0.0257 e. The lowest BCUT2D eigenvalue weighted by Crippen LogP contribution is -1.96. The van der Waals surface area contributed by atoms with Crippen molar-refractivity contribution in [3.63, 3.8) is 0 Å². The van der Waals surface area contributed by atoms with Crippen molar-refractivity contribution < 1.29 is 0 Å². The largest absolute Gasteiger partial charge is 0.0940 e. The van der Waals surface area contributed by atoms with Crippen LogP contribution in [-0.4, -0.2) is 17.5 Å². The molecular weight excluding hydrogens is 202 g/mol. The summed E-state index contributed by atoms with van der Waals surface area (Å²) in [7, 11) is 4.05. The average Bonchev–Trinajstić information content (AvgIpc) is 2.63. The van der Waals surface area contributed by atoms with E-state index in [2.05, 4.69) is 10.0 Å². The zero-order valence-corrected chi connectivity index (χ0v) is 9.32. The highest BCUT2D eigenvalue weighted by Gasteiger charge is 2.15. The van der Waals surface area contributed by atoms with Gasteiger partial charge in [-0.25, -0.2) is 0 Å². The monoisotopic (exact) mass is 217 g/mol. The molecule has 1 fully saturated rings. The van der Waals surface area contributed by atoms with E-state index in [0.29, 0.717) is 6.54 Å². The average molecular weight is 217 g/mol. The summed E-state index contributed by atoms with van der Waals surface area (Å²) in [6, 6.07) is 0. The Labute approximate surface area is 87.1 Å². The first-order valence-electron chi connectivity index (χ1n) is 4.72. The lowest BCUT2D eigenvalue weighted by Gasteiger charge is -2.05. The molecular formula is C8H15N3S2. The van der Waals surface area contributed by atoms with Gasteiger partial charge in [0.05, 0.1) is 0 Å². The van der Waals surface area contributed by atoms with Crippen LogP contribution in [0.1, 0.15) is 32.1 Å². The molecule has 0 bridgehead atoms. The van der Waals surface area contributed by atoms with Gasteiger partial charge in [-0.2, -0.15) is 0 Å². The lowest BCUT2D eigenvalue weighted by molar-refractivity contribution is 0.626. The molecule has 0 aromatic rings. The Morgan fingerprint density at radius 1 is 1.38 bits per heavy atom. The Morgan fingerprint density at radius 2 is 2.31 bits per heavy atom. The number of azide groups is 1. The van der Waals surface area contributed by atoms with E-state index in [9.17, 15) is 0 Å². The smallest absolute Gasteiger partial charge is 0.0257 e. The van der Waals surface area contributed by atoms with Crippen molar-refractivity contribution in [2.24, 2.45) is 5.11 Å². The SMILES string of the molecule is [N-]=[N+]=NCCCCC[C@@H]1CCSS1. The van der Waals surface area contributed by atoms with Crippen molar-refractivity contribution in [3.05, 3.63) is 10.4 Å². The molecule has 0 spiro atoms. The highest BCUT2D eigenvalue weighted by molar-refractivity contribution is 8.77. The van der Waals surface area contributed by atoms with E-state index in [1.54, 1.807) is 0 Å². The first-order valence-corrected chi connectivity index (χ1v) is 7.11. The number of nitrogens with zero attached hydrogens (tertiary/aromatic N) is 3. The first kappa shape index (κ1) is 11.1. The molecule has 1 heterocycles. The molecule has 1 saturated heterocycles. The molecule has 0 amide bonds. The van der Waals surface area contributed by atoms with Crippen LogP contribution in [-0.2, 0) is 0 Å². The molecule has 1 rings (SSSR count). The summed E-state index contributed by atoms with van der Waals surface area (Å²) >= 11 is 0. The van der Waals surface area contributed by atoms with Crippen molar-refractivity contribution >= 4 is 21.6 Å². The van der Waals surface area contributed by atoms with Gasteiger partial charge in [0.1, 0.15) is 0 Å². The zero-order valence-electron chi connectivity index (χ0n) is 7.69. The molecule has 1 aliphatic heterocycles. The molecule has 3 nitrogen and oxygen atoms in total. The van der Waals surface area contributed by atoms with Gasteiger partial charge in [-0.15, -0.1) is 0 Å². The highest BCUT2D eigenvalue weighted by atomic mass is 33.1. The third-order valence-corrected chi connectivity index (χ3v) is 5.08. The first-order chi connectivity index (χ1) is 6.43. The maximum atomic E-state index is 8.05. The van der Waals surface area contributed by atoms with Crippen molar-refractivity contribution in [3.8, 4) is 0 Å². The zero-order chi connectivity index (χ0) is 9.36. The van der Waals surface area contributed by atoms with E-state index in [-0.39, 0.29) is 0 Å². The minimum Gasteiger partial charge on any atom is -0.0940 e. The summed E-state index contributed by atoms with van der Waals surface area (Å²) in [5.74, 6) is 1.33. The van der Waals surface area contributed by atoms with Gasteiger partial charge in [-0.3, -0.25) is 0 Å². The summed E-state index contributed by atoms with van der Waals surface area (Å²) in [4.78, 5) is 2.73. The van der Waals surface area contributed by atoms with Crippen LogP contribution < -0.4 is 0 Å². The molecule has 0 aromatic carbocycles. The molecule has 5 heteroatoms. The fourth-order valence-electron chi connectivity index (χ4n) is 1.34. The van der Waals surface area contributed by atoms with Gasteiger partial charge in [0, 0.05) is 22.5 Å². The van der Waals surface area contributed by atoms with E-state index in [1.807, 2.05) is 21.6 Å². The second-order valence-corrected chi connectivity index (χ2v) is 5.92. The quantitative estimate of drug-likeness (QED) is 0.222. The van der Waals surface area contributed by atoms with Crippen LogP contribution in [0.3, 0.4) is 0 Å². The molecule has 0 aromatic heterocycles. The molecule has 1 atom stereocenters. The van der Waals surface area contributed by atoms with Gasteiger partial charge < -0.3 is 0 Å². The summed E-state index contributed by atoms with van der Waals surface area (Å²) in [5.41, 5.74) is 8.05. The Balaban J connectivity index is 1.85. The van der Waals surface area contributed by atoms with Gasteiger partial charge in [-0.1, -0.05) is 39.5 Å². The topological polar surface area (TPSA) is 48.8 Å². The minimum absolute atomic E-state index is 0.670. The lowest BCUT2D eigenvalue weighted by atomic mass is 10.1. The summed E-state index contributed by atoms with van der Waals surface area (Å²) in [5, 5.41) is 4.41. The Bertz CT molecular complexity index is 174. The predicted octanol–water partition coefficient (Wildman–Crippen LogP) is 4.01. The van der Waals surface area contributed by atoms with Crippen LogP contribution in [0.2, 0.25) is 0 Å². The van der Waals surface area contributed by atoms with E-state index >= 15 is 0 Å². The van der Waals surface area contributed by atoms with Crippen LogP contribution >= 0.6 is 21.6 Å². The number of hydrogen-bond acceptors (Lipinski definition) is 3. The summed E-state index contributed by atoms with van der Waals surface area (Å²) in [6.07, 6.45) is 6.27. The number of hydrogen-bond donors (Lipinski definition) is 0. The van der Waals surface area contributed by atoms with Gasteiger partial charge in [0.25, 0.3) is 0 Å². The summed E-state index contributed by atoms with van der Waals surface area (Å²) < 4.78 is 0.